The Hall–Kier alpha value is -2.46. The molecule has 2 N–H and O–H groups in total. The number of hydrogen-bond donors (Lipinski definition) is 2. The zero-order valence-electron chi connectivity index (χ0n) is 16.9. The SMILES string of the molecule is COc1c(Nc2ccc(CCS(C)(=O)=O)nc2C)ncnc1OC1CCNCC1. The van der Waals surface area contributed by atoms with Crippen molar-refractivity contribution in [3.8, 4) is 11.6 Å². The first-order valence-electron chi connectivity index (χ1n) is 9.53. The van der Waals surface area contributed by atoms with E-state index in [0.717, 1.165) is 43.0 Å². The van der Waals surface area contributed by atoms with Gasteiger partial charge < -0.3 is 20.1 Å². The van der Waals surface area contributed by atoms with Gasteiger partial charge in [0.2, 0.25) is 5.75 Å². The van der Waals surface area contributed by atoms with Crippen LogP contribution in [-0.2, 0) is 16.3 Å². The lowest BCUT2D eigenvalue weighted by atomic mass is 10.1. The molecule has 9 nitrogen and oxygen atoms in total. The van der Waals surface area contributed by atoms with E-state index in [2.05, 4.69) is 25.6 Å². The van der Waals surface area contributed by atoms with Crippen LogP contribution in [0.25, 0.3) is 0 Å². The molecule has 0 unspecified atom stereocenters. The molecule has 2 aromatic heterocycles. The van der Waals surface area contributed by atoms with Gasteiger partial charge in [0, 0.05) is 18.4 Å². The van der Waals surface area contributed by atoms with Crippen molar-refractivity contribution in [2.24, 2.45) is 0 Å². The summed E-state index contributed by atoms with van der Waals surface area (Å²) >= 11 is 0. The van der Waals surface area contributed by atoms with Crippen LogP contribution in [0.5, 0.6) is 11.6 Å². The van der Waals surface area contributed by atoms with Gasteiger partial charge in [-0.3, -0.25) is 4.98 Å². The van der Waals surface area contributed by atoms with Gasteiger partial charge in [0.15, 0.2) is 5.82 Å². The van der Waals surface area contributed by atoms with Crippen LogP contribution in [0.2, 0.25) is 0 Å². The third-order valence-corrected chi connectivity index (χ3v) is 5.61. The van der Waals surface area contributed by atoms with Crippen LogP contribution < -0.4 is 20.1 Å². The normalized spacial score (nSPS) is 15.1. The molecule has 3 heterocycles. The van der Waals surface area contributed by atoms with Crippen LogP contribution >= 0.6 is 0 Å². The summed E-state index contributed by atoms with van der Waals surface area (Å²) in [6, 6.07) is 3.66. The van der Waals surface area contributed by atoms with Gasteiger partial charge in [-0.05, 0) is 45.0 Å². The number of aromatic nitrogens is 3. The second-order valence-corrected chi connectivity index (χ2v) is 9.33. The Bertz CT molecular complexity index is 946. The Morgan fingerprint density at radius 1 is 1.24 bits per heavy atom. The van der Waals surface area contributed by atoms with E-state index in [1.165, 1.54) is 12.6 Å². The minimum atomic E-state index is -3.03. The summed E-state index contributed by atoms with van der Waals surface area (Å²) in [6.07, 6.45) is 4.95. The van der Waals surface area contributed by atoms with Crippen molar-refractivity contribution in [1.29, 1.82) is 0 Å². The highest BCUT2D eigenvalue weighted by Crippen LogP contribution is 2.34. The molecule has 0 amide bonds. The minimum Gasteiger partial charge on any atom is -0.489 e. The lowest BCUT2D eigenvalue weighted by Crippen LogP contribution is -2.34. The maximum absolute atomic E-state index is 11.4. The van der Waals surface area contributed by atoms with Crippen molar-refractivity contribution in [1.82, 2.24) is 20.3 Å². The molecule has 0 aliphatic carbocycles. The van der Waals surface area contributed by atoms with Crippen molar-refractivity contribution < 1.29 is 17.9 Å². The van der Waals surface area contributed by atoms with Crippen molar-refractivity contribution >= 4 is 21.3 Å². The summed E-state index contributed by atoms with van der Waals surface area (Å²) in [5.74, 6) is 1.41. The first-order chi connectivity index (χ1) is 13.9. The van der Waals surface area contributed by atoms with Crippen molar-refractivity contribution in [2.45, 2.75) is 32.3 Å². The van der Waals surface area contributed by atoms with E-state index in [9.17, 15) is 8.42 Å². The average molecular weight is 422 g/mol. The smallest absolute Gasteiger partial charge is 0.262 e. The highest BCUT2D eigenvalue weighted by Gasteiger charge is 2.20. The fourth-order valence-corrected chi connectivity index (χ4v) is 3.67. The number of pyridine rings is 1. The molecular weight excluding hydrogens is 394 g/mol. The maximum Gasteiger partial charge on any atom is 0.262 e. The third kappa shape index (κ3) is 6.01. The van der Waals surface area contributed by atoms with E-state index in [4.69, 9.17) is 9.47 Å². The lowest BCUT2D eigenvalue weighted by molar-refractivity contribution is 0.149. The van der Waals surface area contributed by atoms with E-state index < -0.39 is 9.84 Å². The van der Waals surface area contributed by atoms with Crippen molar-refractivity contribution in [3.05, 3.63) is 29.8 Å². The highest BCUT2D eigenvalue weighted by atomic mass is 32.2. The number of piperidine rings is 1. The molecule has 1 saturated heterocycles. The average Bonchev–Trinajstić information content (AvgIpc) is 2.69. The van der Waals surface area contributed by atoms with Gasteiger partial charge in [-0.15, -0.1) is 0 Å². The van der Waals surface area contributed by atoms with Crippen LogP contribution in [0.15, 0.2) is 18.5 Å². The molecule has 3 rings (SSSR count). The van der Waals surface area contributed by atoms with Crippen LogP contribution in [-0.4, -0.2) is 61.7 Å². The van der Waals surface area contributed by atoms with E-state index in [1.54, 1.807) is 13.2 Å². The molecular formula is C19H27N5O4S. The molecule has 1 aliphatic rings. The summed E-state index contributed by atoms with van der Waals surface area (Å²) in [6.45, 7) is 3.69. The largest absolute Gasteiger partial charge is 0.489 e. The predicted octanol–water partition coefficient (Wildman–Crippen LogP) is 1.65. The van der Waals surface area contributed by atoms with E-state index in [1.807, 2.05) is 13.0 Å². The standard InChI is InChI=1S/C19H27N5O4S/c1-13-16(5-4-14(23-13)8-11-29(3,25)26)24-18-17(27-2)19(22-12-21-18)28-15-6-9-20-10-7-15/h4-5,12,15,20H,6-11H2,1-3H3,(H,21,22,24). The van der Waals surface area contributed by atoms with Crippen molar-refractivity contribution in [2.75, 3.05) is 37.5 Å². The van der Waals surface area contributed by atoms with Gasteiger partial charge in [-0.1, -0.05) is 0 Å². The molecule has 0 atom stereocenters. The second kappa shape index (κ2) is 9.36. The van der Waals surface area contributed by atoms with E-state index in [0.29, 0.717) is 23.9 Å². The van der Waals surface area contributed by atoms with Gasteiger partial charge in [-0.2, -0.15) is 4.98 Å². The van der Waals surface area contributed by atoms with E-state index in [-0.39, 0.29) is 11.9 Å². The maximum atomic E-state index is 11.4. The Labute approximate surface area is 171 Å². The van der Waals surface area contributed by atoms with Crippen LogP contribution in [0.4, 0.5) is 11.5 Å². The quantitative estimate of drug-likeness (QED) is 0.656. The minimum absolute atomic E-state index is 0.0728. The monoisotopic (exact) mass is 421 g/mol. The predicted molar refractivity (Wildman–Crippen MR) is 111 cm³/mol. The number of hydrogen-bond acceptors (Lipinski definition) is 9. The number of nitrogens with one attached hydrogen (secondary N) is 2. The molecule has 10 heteroatoms. The van der Waals surface area contributed by atoms with E-state index >= 15 is 0 Å². The Morgan fingerprint density at radius 3 is 2.66 bits per heavy atom. The summed E-state index contributed by atoms with van der Waals surface area (Å²) in [7, 11) is -1.47. The Morgan fingerprint density at radius 2 is 2.00 bits per heavy atom. The number of aryl methyl sites for hydroxylation is 2. The van der Waals surface area contributed by atoms with Crippen LogP contribution in [0.3, 0.4) is 0 Å². The van der Waals surface area contributed by atoms with Gasteiger partial charge in [0.1, 0.15) is 22.3 Å². The van der Waals surface area contributed by atoms with Gasteiger partial charge in [0.05, 0.1) is 24.2 Å². The molecule has 0 bridgehead atoms. The number of anilines is 2. The Balaban J connectivity index is 1.76. The fraction of sp³-hybridized carbons (Fsp3) is 0.526. The Kier molecular flexibility index (Phi) is 6.86. The molecule has 0 spiro atoms. The van der Waals surface area contributed by atoms with Gasteiger partial charge in [0.25, 0.3) is 5.88 Å². The van der Waals surface area contributed by atoms with Gasteiger partial charge >= 0.3 is 0 Å². The number of nitrogens with zero attached hydrogens (tertiary/aromatic N) is 3. The van der Waals surface area contributed by atoms with Crippen LogP contribution in [0.1, 0.15) is 24.2 Å². The zero-order chi connectivity index (χ0) is 20.9. The fourth-order valence-electron chi connectivity index (χ4n) is 3.09. The van der Waals surface area contributed by atoms with Gasteiger partial charge in [-0.25, -0.2) is 13.4 Å². The zero-order valence-corrected chi connectivity index (χ0v) is 17.8. The molecule has 2 aromatic rings. The summed E-state index contributed by atoms with van der Waals surface area (Å²) in [5.41, 5.74) is 2.21. The topological polar surface area (TPSA) is 115 Å². The number of sulfone groups is 1. The summed E-state index contributed by atoms with van der Waals surface area (Å²) in [4.78, 5) is 13.0. The third-order valence-electron chi connectivity index (χ3n) is 4.67. The second-order valence-electron chi connectivity index (χ2n) is 7.07. The lowest BCUT2D eigenvalue weighted by Gasteiger charge is -2.24. The number of ether oxygens (including phenoxy) is 2. The molecule has 1 aliphatic heterocycles. The molecule has 158 valence electrons. The van der Waals surface area contributed by atoms with Crippen molar-refractivity contribution in [3.63, 3.8) is 0 Å². The first-order valence-corrected chi connectivity index (χ1v) is 11.6. The number of methoxy groups -OCH3 is 1. The van der Waals surface area contributed by atoms with Crippen LogP contribution in [0, 0.1) is 6.92 Å². The summed E-state index contributed by atoms with van der Waals surface area (Å²) < 4.78 is 34.3. The molecule has 0 radical (unpaired) electrons. The molecule has 0 aromatic carbocycles. The first kappa shape index (κ1) is 21.3. The number of rotatable bonds is 8. The highest BCUT2D eigenvalue weighted by molar-refractivity contribution is 7.90. The molecule has 1 fully saturated rings. The molecule has 29 heavy (non-hydrogen) atoms. The summed E-state index contributed by atoms with van der Waals surface area (Å²) in [5, 5.41) is 6.52. The molecule has 0 saturated carbocycles.